The molecule has 2 aromatic heterocycles. The van der Waals surface area contributed by atoms with E-state index in [0.717, 1.165) is 21.3 Å². The average Bonchev–Trinajstić information content (AvgIpc) is 3.05. The second kappa shape index (κ2) is 9.00. The molecule has 3 rings (SSSR count). The molecule has 0 atom stereocenters. The molecule has 132 valence electrons. The molecule has 2 aromatic rings. The maximum absolute atomic E-state index is 5.93. The summed E-state index contributed by atoms with van der Waals surface area (Å²) in [6.45, 7) is 4.50. The first-order valence-corrected chi connectivity index (χ1v) is 8.91. The molecule has 8 heteroatoms. The molecular formula is C16H26BrN7. The second-order valence-corrected chi connectivity index (χ2v) is 6.60. The number of nitrogens with zero attached hydrogens (tertiary/aromatic N) is 4. The third-order valence-corrected chi connectivity index (χ3v) is 4.50. The molecule has 24 heavy (non-hydrogen) atoms. The van der Waals surface area contributed by atoms with Crippen molar-refractivity contribution in [2.24, 2.45) is 0 Å². The van der Waals surface area contributed by atoms with Crippen LogP contribution in [-0.2, 0) is 0 Å². The first-order valence-electron chi connectivity index (χ1n) is 8.12. The minimum Gasteiger partial charge on any atom is -0.383 e. The fraction of sp³-hybridized carbons (Fsp3) is 0.500. The van der Waals surface area contributed by atoms with Gasteiger partial charge in [-0.05, 0) is 54.4 Å². The molecule has 0 aliphatic carbocycles. The van der Waals surface area contributed by atoms with Crippen LogP contribution in [0, 0.1) is 0 Å². The number of rotatable bonds is 3. The van der Waals surface area contributed by atoms with Crippen molar-refractivity contribution in [2.75, 3.05) is 32.9 Å². The van der Waals surface area contributed by atoms with Gasteiger partial charge >= 0.3 is 0 Å². The third kappa shape index (κ3) is 4.68. The van der Waals surface area contributed by atoms with Gasteiger partial charge in [-0.2, -0.15) is 9.61 Å². The number of hydrogen-bond donors (Lipinski definition) is 3. The number of hydrogen-bond acceptors (Lipinski definition) is 6. The number of hydrazine groups is 1. The standard InChI is InChI=1S/C11H15BrN6.C5H11N/c1-7(6-17(3)14-2)8-4-16-18-10(13)9(12)5-15-11(8)18;1-2-4-6-5-3-1/h4-6,14H,13H2,1-3H3;6H,1-5H2/b7-6+;. The van der Waals surface area contributed by atoms with E-state index in [-0.39, 0.29) is 0 Å². The van der Waals surface area contributed by atoms with Crippen molar-refractivity contribution in [1.29, 1.82) is 0 Å². The highest BCUT2D eigenvalue weighted by Gasteiger charge is 2.11. The molecule has 1 aliphatic heterocycles. The van der Waals surface area contributed by atoms with Crippen LogP contribution in [0.1, 0.15) is 31.7 Å². The predicted octanol–water partition coefficient (Wildman–Crippen LogP) is 2.26. The van der Waals surface area contributed by atoms with Crippen molar-refractivity contribution < 1.29 is 0 Å². The number of piperidine rings is 1. The van der Waals surface area contributed by atoms with Crippen LogP contribution in [0.2, 0.25) is 0 Å². The number of nitrogens with two attached hydrogens (primary N) is 1. The van der Waals surface area contributed by atoms with E-state index in [1.165, 1.54) is 32.4 Å². The molecule has 3 heterocycles. The van der Waals surface area contributed by atoms with Crippen molar-refractivity contribution in [3.05, 3.63) is 28.6 Å². The zero-order chi connectivity index (χ0) is 17.5. The number of nitrogens with one attached hydrogen (secondary N) is 2. The normalized spacial score (nSPS) is 15.1. The van der Waals surface area contributed by atoms with Crippen LogP contribution in [0.4, 0.5) is 5.82 Å². The lowest BCUT2D eigenvalue weighted by atomic mass is 10.2. The molecule has 1 fully saturated rings. The van der Waals surface area contributed by atoms with Crippen molar-refractivity contribution in [2.45, 2.75) is 26.2 Å². The van der Waals surface area contributed by atoms with Crippen LogP contribution in [0.3, 0.4) is 0 Å². The Kier molecular flexibility index (Phi) is 7.01. The fourth-order valence-corrected chi connectivity index (χ4v) is 2.70. The summed E-state index contributed by atoms with van der Waals surface area (Å²) in [4.78, 5) is 4.35. The van der Waals surface area contributed by atoms with Crippen LogP contribution >= 0.6 is 15.9 Å². The number of halogens is 1. The van der Waals surface area contributed by atoms with Crippen LogP contribution in [0.25, 0.3) is 11.2 Å². The lowest BCUT2D eigenvalue weighted by Crippen LogP contribution is -2.25. The first-order chi connectivity index (χ1) is 11.5. The molecule has 0 spiro atoms. The Hall–Kier alpha value is -1.64. The van der Waals surface area contributed by atoms with Gasteiger partial charge in [0.1, 0.15) is 5.82 Å². The molecular weight excluding hydrogens is 370 g/mol. The Morgan fingerprint density at radius 1 is 1.38 bits per heavy atom. The second-order valence-electron chi connectivity index (χ2n) is 5.74. The third-order valence-electron chi connectivity index (χ3n) is 3.89. The van der Waals surface area contributed by atoms with Crippen LogP contribution in [0.5, 0.6) is 0 Å². The van der Waals surface area contributed by atoms with Gasteiger partial charge in [-0.3, -0.25) is 0 Å². The van der Waals surface area contributed by atoms with E-state index in [1.807, 2.05) is 32.2 Å². The van der Waals surface area contributed by atoms with Gasteiger partial charge in [-0.15, -0.1) is 0 Å². The Bertz CT molecular complexity index is 680. The van der Waals surface area contributed by atoms with Gasteiger partial charge < -0.3 is 16.1 Å². The minimum absolute atomic E-state index is 0.543. The molecule has 0 radical (unpaired) electrons. The van der Waals surface area contributed by atoms with Crippen LogP contribution in [-0.4, -0.2) is 46.8 Å². The Morgan fingerprint density at radius 3 is 2.62 bits per heavy atom. The molecule has 0 saturated carbocycles. The lowest BCUT2D eigenvalue weighted by Gasteiger charge is -2.12. The van der Waals surface area contributed by atoms with Crippen molar-refractivity contribution in [3.8, 4) is 0 Å². The van der Waals surface area contributed by atoms with Crippen LogP contribution < -0.4 is 16.5 Å². The van der Waals surface area contributed by atoms with Gasteiger partial charge in [0.05, 0.1) is 10.7 Å². The van der Waals surface area contributed by atoms with E-state index in [4.69, 9.17) is 5.73 Å². The van der Waals surface area contributed by atoms with E-state index in [0.29, 0.717) is 5.82 Å². The molecule has 1 aliphatic rings. The topological polar surface area (TPSA) is 83.5 Å². The summed E-state index contributed by atoms with van der Waals surface area (Å²) in [5.74, 6) is 0.543. The largest absolute Gasteiger partial charge is 0.383 e. The van der Waals surface area contributed by atoms with E-state index in [1.54, 1.807) is 16.9 Å². The van der Waals surface area contributed by atoms with Crippen molar-refractivity contribution in [3.63, 3.8) is 0 Å². The Labute approximate surface area is 151 Å². The molecule has 0 aromatic carbocycles. The quantitative estimate of drug-likeness (QED) is 0.691. The number of aromatic nitrogens is 3. The molecule has 0 bridgehead atoms. The van der Waals surface area contributed by atoms with Crippen molar-refractivity contribution >= 4 is 33.0 Å². The summed E-state index contributed by atoms with van der Waals surface area (Å²) in [6.07, 6.45) is 9.63. The molecule has 0 amide bonds. The van der Waals surface area contributed by atoms with E-state index in [2.05, 4.69) is 36.8 Å². The van der Waals surface area contributed by atoms with E-state index >= 15 is 0 Å². The van der Waals surface area contributed by atoms with E-state index in [9.17, 15) is 0 Å². The van der Waals surface area contributed by atoms with Gasteiger partial charge in [-0.25, -0.2) is 10.4 Å². The maximum atomic E-state index is 5.93. The van der Waals surface area contributed by atoms with E-state index < -0.39 is 0 Å². The Morgan fingerprint density at radius 2 is 2.08 bits per heavy atom. The van der Waals surface area contributed by atoms with Crippen molar-refractivity contribution in [1.82, 2.24) is 30.3 Å². The summed E-state index contributed by atoms with van der Waals surface area (Å²) in [5, 5.41) is 9.40. The lowest BCUT2D eigenvalue weighted by molar-refractivity contribution is 0.366. The summed E-state index contributed by atoms with van der Waals surface area (Å²) in [6, 6.07) is 0. The van der Waals surface area contributed by atoms with Gasteiger partial charge in [0, 0.05) is 32.1 Å². The molecule has 4 N–H and O–H groups in total. The molecule has 1 saturated heterocycles. The zero-order valence-corrected chi connectivity index (χ0v) is 16.1. The zero-order valence-electron chi connectivity index (χ0n) is 14.5. The summed E-state index contributed by atoms with van der Waals surface area (Å²) >= 11 is 3.33. The summed E-state index contributed by atoms with van der Waals surface area (Å²) in [5.41, 5.74) is 11.7. The van der Waals surface area contributed by atoms with Gasteiger partial charge in [0.2, 0.25) is 0 Å². The number of anilines is 1. The maximum Gasteiger partial charge on any atom is 0.164 e. The molecule has 7 nitrogen and oxygen atoms in total. The molecule has 0 unspecified atom stereocenters. The number of nitrogen functional groups attached to an aromatic ring is 1. The predicted molar refractivity (Wildman–Crippen MR) is 102 cm³/mol. The highest BCUT2D eigenvalue weighted by atomic mass is 79.9. The number of allylic oxidation sites excluding steroid dienone is 1. The fourth-order valence-electron chi connectivity index (χ4n) is 2.43. The monoisotopic (exact) mass is 395 g/mol. The minimum atomic E-state index is 0.543. The summed E-state index contributed by atoms with van der Waals surface area (Å²) < 4.78 is 2.36. The number of fused-ring (bicyclic) bond motifs is 1. The first kappa shape index (κ1) is 18.7. The van der Waals surface area contributed by atoms with Crippen LogP contribution in [0.15, 0.2) is 23.1 Å². The van der Waals surface area contributed by atoms with Gasteiger partial charge in [0.15, 0.2) is 5.65 Å². The SMILES string of the molecule is C1CCNCC1.CNN(C)/C=C(\C)c1cnn2c(N)c(Br)cnc12. The summed E-state index contributed by atoms with van der Waals surface area (Å²) in [7, 11) is 3.78. The highest BCUT2D eigenvalue weighted by Crippen LogP contribution is 2.24. The smallest absolute Gasteiger partial charge is 0.164 e. The van der Waals surface area contributed by atoms with Gasteiger partial charge in [-0.1, -0.05) is 6.42 Å². The van der Waals surface area contributed by atoms with Gasteiger partial charge in [0.25, 0.3) is 0 Å². The highest BCUT2D eigenvalue weighted by molar-refractivity contribution is 9.10. The average molecular weight is 396 g/mol. The Balaban J connectivity index is 0.000000292.